The summed E-state index contributed by atoms with van der Waals surface area (Å²) in [5.41, 5.74) is 0.471. The monoisotopic (exact) mass is 331 g/mol. The second kappa shape index (κ2) is 7.60. The molecular formula is C17H17NO4S. The van der Waals surface area contributed by atoms with Gasteiger partial charge in [0.1, 0.15) is 11.5 Å². The largest absolute Gasteiger partial charge is 0.457 e. The third-order valence-corrected chi connectivity index (χ3v) is 3.51. The van der Waals surface area contributed by atoms with Crippen molar-refractivity contribution < 1.29 is 17.9 Å². The zero-order valence-electron chi connectivity index (χ0n) is 12.6. The quantitative estimate of drug-likeness (QED) is 0.883. The molecule has 1 N–H and O–H groups in total. The van der Waals surface area contributed by atoms with Crippen molar-refractivity contribution in [2.24, 2.45) is 0 Å². The van der Waals surface area contributed by atoms with E-state index >= 15 is 0 Å². The number of hydrogen-bond acceptors (Lipinski definition) is 4. The fourth-order valence-electron chi connectivity index (χ4n) is 1.78. The Balaban J connectivity index is 1.91. The normalized spacial score (nSPS) is 11.3. The number of carbonyl (C=O) groups excluding carboxylic acids is 1. The summed E-state index contributed by atoms with van der Waals surface area (Å²) < 4.78 is 27.5. The Kier molecular flexibility index (Phi) is 5.54. The lowest BCUT2D eigenvalue weighted by Crippen LogP contribution is -2.23. The van der Waals surface area contributed by atoms with Crippen molar-refractivity contribution in [3.63, 3.8) is 0 Å². The molecule has 0 radical (unpaired) electrons. The van der Waals surface area contributed by atoms with E-state index in [0.717, 1.165) is 17.4 Å². The Morgan fingerprint density at radius 2 is 1.65 bits per heavy atom. The van der Waals surface area contributed by atoms with E-state index < -0.39 is 9.84 Å². The van der Waals surface area contributed by atoms with Gasteiger partial charge in [-0.3, -0.25) is 4.79 Å². The second-order valence-corrected chi connectivity index (χ2v) is 6.78. The Labute approximate surface area is 135 Å². The predicted octanol–water partition coefficient (Wildman–Crippen LogP) is 2.77. The molecule has 0 fully saturated rings. The number of ether oxygens (including phenoxy) is 1. The van der Waals surface area contributed by atoms with Crippen molar-refractivity contribution in [1.29, 1.82) is 0 Å². The molecule has 0 aliphatic carbocycles. The van der Waals surface area contributed by atoms with Gasteiger partial charge in [-0.15, -0.1) is 0 Å². The van der Waals surface area contributed by atoms with Crippen molar-refractivity contribution in [1.82, 2.24) is 5.32 Å². The molecule has 2 aromatic carbocycles. The van der Waals surface area contributed by atoms with E-state index in [9.17, 15) is 13.2 Å². The summed E-state index contributed by atoms with van der Waals surface area (Å²) in [5, 5.41) is 3.67. The van der Waals surface area contributed by atoms with E-state index in [2.05, 4.69) is 5.32 Å². The Morgan fingerprint density at radius 1 is 1.04 bits per heavy atom. The molecule has 0 aromatic heterocycles. The molecule has 5 nitrogen and oxygen atoms in total. The standard InChI is InChI=1S/C17H17NO4S/c1-23(20,21)13-5-12-18-17(19)14-8-10-16(11-9-14)22-15-6-3-2-4-7-15/h2-11,13H,12H2,1H3,(H,18,19). The molecule has 6 heteroatoms. The van der Waals surface area contributed by atoms with Gasteiger partial charge in [-0.05, 0) is 36.4 Å². The SMILES string of the molecule is CS(=O)(=O)C=CCNC(=O)c1ccc(Oc2ccccc2)cc1. The first-order valence-corrected chi connectivity index (χ1v) is 8.87. The van der Waals surface area contributed by atoms with Crippen LogP contribution in [0, 0.1) is 0 Å². The van der Waals surface area contributed by atoms with Crippen LogP contribution in [0.3, 0.4) is 0 Å². The minimum atomic E-state index is -3.17. The minimum Gasteiger partial charge on any atom is -0.457 e. The highest BCUT2D eigenvalue weighted by atomic mass is 32.2. The highest BCUT2D eigenvalue weighted by Gasteiger charge is 2.05. The van der Waals surface area contributed by atoms with Gasteiger partial charge in [-0.2, -0.15) is 0 Å². The molecule has 0 saturated heterocycles. The molecule has 0 heterocycles. The third kappa shape index (κ3) is 5.96. The highest BCUT2D eigenvalue weighted by molar-refractivity contribution is 7.93. The predicted molar refractivity (Wildman–Crippen MR) is 89.3 cm³/mol. The van der Waals surface area contributed by atoms with Gasteiger partial charge in [0.15, 0.2) is 9.84 Å². The average molecular weight is 331 g/mol. The Hall–Kier alpha value is -2.60. The van der Waals surface area contributed by atoms with E-state index in [1.54, 1.807) is 24.3 Å². The molecule has 2 aromatic rings. The fraction of sp³-hybridized carbons (Fsp3) is 0.118. The van der Waals surface area contributed by atoms with E-state index in [-0.39, 0.29) is 12.5 Å². The fourth-order valence-corrected chi connectivity index (χ4v) is 2.22. The van der Waals surface area contributed by atoms with Gasteiger partial charge < -0.3 is 10.1 Å². The number of hydrogen-bond donors (Lipinski definition) is 1. The van der Waals surface area contributed by atoms with Gasteiger partial charge in [0, 0.05) is 23.8 Å². The molecule has 2 rings (SSSR count). The first-order valence-electron chi connectivity index (χ1n) is 6.92. The maximum Gasteiger partial charge on any atom is 0.251 e. The van der Waals surface area contributed by atoms with Crippen molar-refractivity contribution in [3.05, 3.63) is 71.6 Å². The lowest BCUT2D eigenvalue weighted by molar-refractivity contribution is 0.0958. The van der Waals surface area contributed by atoms with Crippen LogP contribution in [0.1, 0.15) is 10.4 Å². The second-order valence-electron chi connectivity index (χ2n) is 4.85. The number of sulfone groups is 1. The first-order chi connectivity index (χ1) is 10.9. The Morgan fingerprint density at radius 3 is 2.26 bits per heavy atom. The summed E-state index contributed by atoms with van der Waals surface area (Å²) in [6.45, 7) is 0.147. The lowest BCUT2D eigenvalue weighted by atomic mass is 10.2. The van der Waals surface area contributed by atoms with E-state index in [4.69, 9.17) is 4.74 Å². The van der Waals surface area contributed by atoms with Crippen LogP contribution in [0.5, 0.6) is 11.5 Å². The molecule has 0 saturated carbocycles. The van der Waals surface area contributed by atoms with E-state index in [1.165, 1.54) is 6.08 Å². The molecule has 0 bridgehead atoms. The van der Waals surface area contributed by atoms with Gasteiger partial charge in [0.2, 0.25) is 0 Å². The molecule has 23 heavy (non-hydrogen) atoms. The summed E-state index contributed by atoms with van der Waals surface area (Å²) in [5.74, 6) is 1.06. The first kappa shape index (κ1) is 16.8. The molecular weight excluding hydrogens is 314 g/mol. The van der Waals surface area contributed by atoms with Crippen LogP contribution in [-0.2, 0) is 9.84 Å². The Bertz CT molecular complexity index is 781. The summed E-state index contributed by atoms with van der Waals surface area (Å²) >= 11 is 0. The van der Waals surface area contributed by atoms with Crippen molar-refractivity contribution in [2.45, 2.75) is 0 Å². The maximum absolute atomic E-state index is 11.9. The number of rotatable bonds is 6. The molecule has 0 aliphatic heterocycles. The van der Waals surface area contributed by atoms with Crippen LogP contribution in [0.25, 0.3) is 0 Å². The van der Waals surface area contributed by atoms with Crippen molar-refractivity contribution in [3.8, 4) is 11.5 Å². The van der Waals surface area contributed by atoms with Gasteiger partial charge in [0.05, 0.1) is 0 Å². The molecule has 120 valence electrons. The summed E-state index contributed by atoms with van der Waals surface area (Å²) in [6, 6.07) is 16.0. The van der Waals surface area contributed by atoms with Crippen LogP contribution in [0.2, 0.25) is 0 Å². The number of benzene rings is 2. The molecule has 1 amide bonds. The van der Waals surface area contributed by atoms with Crippen molar-refractivity contribution >= 4 is 15.7 Å². The molecule has 0 aliphatic rings. The van der Waals surface area contributed by atoms with Crippen LogP contribution in [0.4, 0.5) is 0 Å². The van der Waals surface area contributed by atoms with Crippen LogP contribution >= 0.6 is 0 Å². The molecule has 0 atom stereocenters. The zero-order chi connectivity index (χ0) is 16.7. The van der Waals surface area contributed by atoms with Gasteiger partial charge >= 0.3 is 0 Å². The number of carbonyl (C=O) groups is 1. The average Bonchev–Trinajstić information content (AvgIpc) is 2.52. The minimum absolute atomic E-state index is 0.147. The summed E-state index contributed by atoms with van der Waals surface area (Å²) in [6.07, 6.45) is 2.48. The van der Waals surface area contributed by atoms with Gasteiger partial charge in [-0.1, -0.05) is 24.3 Å². The van der Waals surface area contributed by atoms with E-state index in [0.29, 0.717) is 11.3 Å². The zero-order valence-corrected chi connectivity index (χ0v) is 13.4. The number of para-hydroxylation sites is 1. The smallest absolute Gasteiger partial charge is 0.251 e. The van der Waals surface area contributed by atoms with Gasteiger partial charge in [0.25, 0.3) is 5.91 Å². The highest BCUT2D eigenvalue weighted by Crippen LogP contribution is 2.20. The van der Waals surface area contributed by atoms with Crippen LogP contribution < -0.4 is 10.1 Å². The maximum atomic E-state index is 11.9. The number of nitrogens with one attached hydrogen (secondary N) is 1. The third-order valence-electron chi connectivity index (χ3n) is 2.82. The van der Waals surface area contributed by atoms with Crippen molar-refractivity contribution in [2.75, 3.05) is 12.8 Å². The molecule has 0 spiro atoms. The topological polar surface area (TPSA) is 72.5 Å². The molecule has 0 unspecified atom stereocenters. The lowest BCUT2D eigenvalue weighted by Gasteiger charge is -2.06. The summed E-state index contributed by atoms with van der Waals surface area (Å²) in [7, 11) is -3.17. The van der Waals surface area contributed by atoms with E-state index in [1.807, 2.05) is 30.3 Å². The van der Waals surface area contributed by atoms with Gasteiger partial charge in [-0.25, -0.2) is 8.42 Å². The van der Waals surface area contributed by atoms with Crippen LogP contribution in [0.15, 0.2) is 66.1 Å². The number of amides is 1. The van der Waals surface area contributed by atoms with Crippen LogP contribution in [-0.4, -0.2) is 27.1 Å². The summed E-state index contributed by atoms with van der Waals surface area (Å²) in [4.78, 5) is 11.9.